The third-order valence-corrected chi connectivity index (χ3v) is 34.6. The highest BCUT2D eigenvalue weighted by Gasteiger charge is 2.79. The van der Waals surface area contributed by atoms with Gasteiger partial charge in [-0.2, -0.15) is 0 Å². The maximum atomic E-state index is 14.3. The van der Waals surface area contributed by atoms with Crippen molar-refractivity contribution in [1.82, 2.24) is 0 Å². The molecule has 28 atom stereocenters. The number of aliphatic hydroxyl groups is 12. The molecule has 9 fully saturated rings. The molecule has 0 saturated heterocycles. The van der Waals surface area contributed by atoms with Crippen molar-refractivity contribution in [3.05, 3.63) is 59.3 Å². The Labute approximate surface area is 679 Å². The van der Waals surface area contributed by atoms with Gasteiger partial charge in [0, 0.05) is 102 Å². The van der Waals surface area contributed by atoms with Crippen LogP contribution >= 0.6 is 0 Å². The number of esters is 1. The van der Waals surface area contributed by atoms with Crippen LogP contribution < -0.4 is 0 Å². The molecule has 0 aromatic rings. The maximum Gasteiger partial charge on any atom is 0.303 e. The van der Waals surface area contributed by atoms with E-state index in [4.69, 9.17) is 4.74 Å². The molecule has 642 valence electrons. The van der Waals surface area contributed by atoms with Crippen molar-refractivity contribution in [2.24, 2.45) is 118 Å². The van der Waals surface area contributed by atoms with Gasteiger partial charge in [0.2, 0.25) is 0 Å². The SMILES string of the molecule is CC(=O)OC(C)(C)/C=C/C(=O)[C@](C)(O)[C@H]1[C@H](O)C[C@@]2(C)[C@@H]3CC=C4[C@@H](CC(=O)[C@@H](O)C4(C)C)[C@]3(C)C(=O)C[C@]12C.CC(C)(O)/C=C/C(=O)[C@](C)(O)[C@H]1[C@H](O)C[C@@]2(C)[C@@H]3CC=C4[C@@H](CC(=O)[C@H](O)C4(C)C)[C@]3(C)C(=O)C[C@]12C.CC(C)(O)C(O)CC(=O)[C@](C)(O)[C@H]1[C@H](O)C[C@@]2(C)[C@@H]3CC=C4[C@@H](CC(=O)[C@H](O)C4(C)C)[C@]3(C)C(=O)C[C@]12C. The minimum Gasteiger partial charge on any atom is -0.456 e. The molecule has 1 unspecified atom stereocenters. The average Bonchev–Trinajstić information content (AvgIpc) is 1.59. The number of aliphatic hydroxyl groups excluding tert-OH is 7. The number of rotatable bonds is 14. The van der Waals surface area contributed by atoms with E-state index in [1.165, 1.54) is 73.6 Å². The van der Waals surface area contributed by atoms with Gasteiger partial charge < -0.3 is 66.0 Å². The van der Waals surface area contributed by atoms with Gasteiger partial charge in [0.15, 0.2) is 34.7 Å². The van der Waals surface area contributed by atoms with Crippen molar-refractivity contribution < 1.29 is 114 Å². The van der Waals surface area contributed by atoms with Crippen molar-refractivity contribution in [2.75, 3.05) is 0 Å². The largest absolute Gasteiger partial charge is 0.456 e. The Kier molecular flexibility index (Phi) is 22.7. The second-order valence-corrected chi connectivity index (χ2v) is 43.8. The number of ether oxygens (including phenoxy) is 1. The Morgan fingerprint density at radius 1 is 0.435 bits per heavy atom. The Morgan fingerprint density at radius 2 is 0.704 bits per heavy atom. The second-order valence-electron chi connectivity index (χ2n) is 43.8. The zero-order valence-electron chi connectivity index (χ0n) is 72.8. The fraction of sp³-hybridized carbons (Fsp3) is 0.783. The fourth-order valence-electron chi connectivity index (χ4n) is 27.5. The average molecular weight is 1610 g/mol. The summed E-state index contributed by atoms with van der Waals surface area (Å²) in [5, 5.41) is 132. The van der Waals surface area contributed by atoms with E-state index in [-0.39, 0.29) is 115 Å². The van der Waals surface area contributed by atoms with Gasteiger partial charge in [-0.1, -0.05) is 145 Å². The molecule has 115 heavy (non-hydrogen) atoms. The van der Waals surface area contributed by atoms with Crippen LogP contribution in [-0.4, -0.2) is 196 Å². The minimum absolute atomic E-state index is 0.0245. The highest BCUT2D eigenvalue weighted by molar-refractivity contribution is 5.99. The number of allylic oxidation sites excluding steroid dienone is 3. The van der Waals surface area contributed by atoms with E-state index in [9.17, 15) is 109 Å². The van der Waals surface area contributed by atoms with Crippen LogP contribution in [0.3, 0.4) is 0 Å². The van der Waals surface area contributed by atoms with Gasteiger partial charge in [0.1, 0.15) is 58.1 Å². The predicted molar refractivity (Wildman–Crippen MR) is 426 cm³/mol. The van der Waals surface area contributed by atoms with Crippen molar-refractivity contribution in [3.8, 4) is 0 Å². The van der Waals surface area contributed by atoms with Gasteiger partial charge in [-0.25, -0.2) is 0 Å². The summed E-state index contributed by atoms with van der Waals surface area (Å²) in [5.74, 6) is -7.89. The number of Topliss-reactive ketones (excluding diaryl/α,β-unsaturated/α-hetero) is 7. The van der Waals surface area contributed by atoms with E-state index in [2.05, 4.69) is 32.1 Å². The van der Waals surface area contributed by atoms with E-state index in [0.29, 0.717) is 32.1 Å². The minimum atomic E-state index is -2.05. The molecule has 0 bridgehead atoms. The summed E-state index contributed by atoms with van der Waals surface area (Å²) in [5.41, 5.74) is -16.6. The normalized spacial score (nSPS) is 44.1. The first-order valence-electron chi connectivity index (χ1n) is 41.7. The van der Waals surface area contributed by atoms with Crippen LogP contribution in [0.25, 0.3) is 0 Å². The summed E-state index contributed by atoms with van der Waals surface area (Å²) < 4.78 is 5.23. The Morgan fingerprint density at radius 3 is 0.965 bits per heavy atom. The molecule has 0 aromatic heterocycles. The van der Waals surface area contributed by atoms with Gasteiger partial charge >= 0.3 is 5.97 Å². The highest BCUT2D eigenvalue weighted by atomic mass is 16.6. The quantitative estimate of drug-likeness (QED) is 0.0440. The summed E-state index contributed by atoms with van der Waals surface area (Å²) in [4.78, 5) is 133. The zero-order chi connectivity index (χ0) is 87.6. The van der Waals surface area contributed by atoms with Crippen LogP contribution in [0.2, 0.25) is 0 Å². The Bertz CT molecular complexity index is 4220. The number of ketones is 9. The fourth-order valence-corrected chi connectivity index (χ4v) is 27.5. The maximum absolute atomic E-state index is 14.3. The summed E-state index contributed by atoms with van der Waals surface area (Å²) in [6.45, 7) is 43.2. The molecule has 0 spiro atoms. The molecule has 0 radical (unpaired) electrons. The number of carbonyl (C=O) groups is 10. The first-order valence-corrected chi connectivity index (χ1v) is 41.7. The third kappa shape index (κ3) is 13.4. The molecule has 12 rings (SSSR count). The number of carbonyl (C=O) groups excluding carboxylic acids is 10. The van der Waals surface area contributed by atoms with Gasteiger partial charge in [0.05, 0.1) is 35.6 Å². The number of fused-ring (bicyclic) bond motifs is 15. The molecule has 12 aliphatic rings. The van der Waals surface area contributed by atoms with E-state index in [1.807, 2.05) is 90.0 Å². The molecular weight excluding hydrogens is 1470 g/mol. The topological polar surface area (TPSA) is 423 Å². The van der Waals surface area contributed by atoms with E-state index in [1.54, 1.807) is 13.8 Å². The molecule has 12 N–H and O–H groups in total. The molecule has 0 amide bonds. The van der Waals surface area contributed by atoms with Crippen LogP contribution in [-0.2, 0) is 52.7 Å². The van der Waals surface area contributed by atoms with E-state index >= 15 is 0 Å². The zero-order valence-corrected chi connectivity index (χ0v) is 72.8. The van der Waals surface area contributed by atoms with Crippen LogP contribution in [0.4, 0.5) is 0 Å². The number of hydrogen-bond donors (Lipinski definition) is 12. The van der Waals surface area contributed by atoms with Crippen molar-refractivity contribution >= 4 is 58.0 Å². The van der Waals surface area contributed by atoms with Crippen molar-refractivity contribution in [1.29, 1.82) is 0 Å². The lowest BCUT2D eigenvalue weighted by atomic mass is 9.38. The van der Waals surface area contributed by atoms with Crippen molar-refractivity contribution in [2.45, 2.75) is 333 Å². The molecule has 0 aromatic carbocycles. The molecule has 23 heteroatoms. The lowest BCUT2D eigenvalue weighted by molar-refractivity contribution is -0.186. The molecule has 0 aliphatic heterocycles. The second kappa shape index (κ2) is 28.4. The molecule has 9 saturated carbocycles. The monoisotopic (exact) mass is 1610 g/mol. The first-order chi connectivity index (χ1) is 51.8. The standard InChI is InChI=1S/C32H46O8.C30H46O8.C30H44O7/c1-17(33)40-27(2,3)13-12-23(36)32(9,39)25-21(35)15-29(6)22-11-10-18-19(14-20(34)26(38)28(18,4)5)31(22,8)24(37)16-30(25,29)7;1-25(2)15-9-10-19-27(5)13-18(32)23(30(8,38)21(34)12-20(33)26(3,4)37)28(27,6)14-22(35)29(19,7)16(15)11-17(31)24(25)36;1-25(2,36)12-11-21(33)30(8,37)23-19(32)14-27(5)20-10-9-16-17(13-18(31)24(35)26(16,3)4)29(20,7)22(34)15-28(23,27)6/h10,12-13,19,21-22,25-26,35,38-39H,11,14-16H2,1-9H3;9,16,18-20,23-24,32-33,36-38H,10-14H2,1-8H3;9,11-12,17,19-20,23-24,32,35-37H,10,13-15H2,1-8H3/b13-12+;;12-11+/t19-,21-,22+,25+,26-,29+,30-,31+,32+;16-,18-,19+,20?,23+,24+,27+,28-,29+,30+;17-,19-,20+,23+,24+,27+,28-,29+,30+/m111/s1. The molecule has 0 heterocycles. The smallest absolute Gasteiger partial charge is 0.303 e. The van der Waals surface area contributed by atoms with Crippen LogP contribution in [0.1, 0.15) is 257 Å². The third-order valence-electron chi connectivity index (χ3n) is 34.6. The van der Waals surface area contributed by atoms with Crippen molar-refractivity contribution in [3.63, 3.8) is 0 Å². The lowest BCUT2D eigenvalue weighted by Crippen LogP contribution is -2.65. The summed E-state index contributed by atoms with van der Waals surface area (Å²) in [6.07, 6.45) is 5.87. The Hall–Kier alpha value is -5.28. The first kappa shape index (κ1) is 92.0. The molecule has 23 nitrogen and oxygen atoms in total. The van der Waals surface area contributed by atoms with E-state index in [0.717, 1.165) is 22.8 Å². The predicted octanol–water partition coefficient (Wildman–Crippen LogP) is 8.55. The number of hydrogen-bond acceptors (Lipinski definition) is 23. The highest BCUT2D eigenvalue weighted by Crippen LogP contribution is 2.78. The van der Waals surface area contributed by atoms with Crippen LogP contribution in [0.15, 0.2) is 59.3 Å². The molecule has 12 aliphatic carbocycles. The Balaban J connectivity index is 0.000000182. The van der Waals surface area contributed by atoms with Crippen LogP contribution in [0, 0.1) is 118 Å². The summed E-state index contributed by atoms with van der Waals surface area (Å²) in [6, 6.07) is 0. The van der Waals surface area contributed by atoms with Crippen LogP contribution in [0.5, 0.6) is 0 Å². The van der Waals surface area contributed by atoms with Gasteiger partial charge in [-0.3, -0.25) is 47.9 Å². The summed E-state index contributed by atoms with van der Waals surface area (Å²) >= 11 is 0. The van der Waals surface area contributed by atoms with Gasteiger partial charge in [-0.05, 0) is 187 Å². The lowest BCUT2D eigenvalue weighted by Gasteiger charge is -2.64. The van der Waals surface area contributed by atoms with Gasteiger partial charge in [0.25, 0.3) is 0 Å². The summed E-state index contributed by atoms with van der Waals surface area (Å²) in [7, 11) is 0. The molecular formula is C92H136O23. The van der Waals surface area contributed by atoms with E-state index < -0.39 is 189 Å². The van der Waals surface area contributed by atoms with Gasteiger partial charge in [-0.15, -0.1) is 0 Å².